The average Bonchev–Trinajstić information content (AvgIpc) is 2.79. The summed E-state index contributed by atoms with van der Waals surface area (Å²) in [6, 6.07) is 16.1. The number of pyridine rings is 2. The van der Waals surface area contributed by atoms with Crippen LogP contribution in [0.3, 0.4) is 0 Å². The van der Waals surface area contributed by atoms with E-state index in [2.05, 4.69) is 15.3 Å². The number of piperazine rings is 1. The van der Waals surface area contributed by atoms with Gasteiger partial charge in [-0.2, -0.15) is 0 Å². The molecule has 1 saturated heterocycles. The van der Waals surface area contributed by atoms with Gasteiger partial charge in [-0.25, -0.2) is 9.37 Å². The van der Waals surface area contributed by atoms with E-state index < -0.39 is 0 Å². The molecule has 7 heteroatoms. The molecule has 0 atom stereocenters. The van der Waals surface area contributed by atoms with E-state index in [1.807, 2.05) is 29.2 Å². The third kappa shape index (κ3) is 4.51. The number of rotatable bonds is 5. The lowest BCUT2D eigenvalue weighted by atomic mass is 10.2. The highest BCUT2D eigenvalue weighted by molar-refractivity contribution is 5.94. The number of hydrogen-bond donors (Lipinski definition) is 1. The maximum Gasteiger partial charge on any atom is 0.255 e. The van der Waals surface area contributed by atoms with Gasteiger partial charge in [-0.3, -0.25) is 9.78 Å². The first-order chi connectivity index (χ1) is 14.2. The van der Waals surface area contributed by atoms with Gasteiger partial charge in [0.15, 0.2) is 0 Å². The van der Waals surface area contributed by atoms with E-state index in [0.29, 0.717) is 49.8 Å². The minimum atomic E-state index is -0.231. The highest BCUT2D eigenvalue weighted by Crippen LogP contribution is 2.21. The van der Waals surface area contributed by atoms with Crippen LogP contribution < -0.4 is 10.2 Å². The van der Waals surface area contributed by atoms with Crippen LogP contribution in [0.4, 0.5) is 15.9 Å². The van der Waals surface area contributed by atoms with Crippen molar-refractivity contribution < 1.29 is 9.18 Å². The predicted octanol–water partition coefficient (Wildman–Crippen LogP) is 3.19. The molecule has 2 aromatic heterocycles. The van der Waals surface area contributed by atoms with Crippen LogP contribution in [0.5, 0.6) is 0 Å². The Bertz CT molecular complexity index is 956. The Labute approximate surface area is 169 Å². The van der Waals surface area contributed by atoms with E-state index in [4.69, 9.17) is 0 Å². The lowest BCUT2D eigenvalue weighted by Gasteiger charge is -2.36. The van der Waals surface area contributed by atoms with Gasteiger partial charge < -0.3 is 15.1 Å². The summed E-state index contributed by atoms with van der Waals surface area (Å²) in [6.45, 7) is 2.87. The lowest BCUT2D eigenvalue weighted by molar-refractivity contribution is 0.0746. The Hall–Kier alpha value is -3.48. The number of benzene rings is 1. The normalized spacial score (nSPS) is 14.0. The molecule has 4 rings (SSSR count). The SMILES string of the molecule is O=C(c1ccc(NCc2ccccn2)nc1)N1CCN(c2ccccc2F)CC1. The fraction of sp³-hybridized carbons (Fsp3) is 0.227. The third-order valence-electron chi connectivity index (χ3n) is 4.95. The number of carbonyl (C=O) groups is 1. The Morgan fingerprint density at radius 2 is 1.76 bits per heavy atom. The zero-order valence-electron chi connectivity index (χ0n) is 16.0. The molecule has 3 aromatic rings. The third-order valence-corrected chi connectivity index (χ3v) is 4.95. The van der Waals surface area contributed by atoms with Crippen molar-refractivity contribution in [1.29, 1.82) is 0 Å². The van der Waals surface area contributed by atoms with Gasteiger partial charge >= 0.3 is 0 Å². The van der Waals surface area contributed by atoms with Crippen LogP contribution in [-0.4, -0.2) is 47.0 Å². The number of aromatic nitrogens is 2. The van der Waals surface area contributed by atoms with E-state index in [1.54, 1.807) is 41.6 Å². The number of hydrogen-bond acceptors (Lipinski definition) is 5. The van der Waals surface area contributed by atoms with Crippen molar-refractivity contribution in [2.75, 3.05) is 36.4 Å². The maximum absolute atomic E-state index is 14.0. The van der Waals surface area contributed by atoms with Crippen LogP contribution in [0.2, 0.25) is 0 Å². The number of nitrogens with zero attached hydrogens (tertiary/aromatic N) is 4. The highest BCUT2D eigenvalue weighted by Gasteiger charge is 2.23. The Morgan fingerprint density at radius 1 is 0.966 bits per heavy atom. The first-order valence-corrected chi connectivity index (χ1v) is 9.59. The fourth-order valence-electron chi connectivity index (χ4n) is 3.35. The van der Waals surface area contributed by atoms with Crippen LogP contribution in [0.25, 0.3) is 0 Å². The minimum absolute atomic E-state index is 0.0537. The molecule has 1 amide bonds. The van der Waals surface area contributed by atoms with Crippen molar-refractivity contribution in [2.24, 2.45) is 0 Å². The van der Waals surface area contributed by atoms with Crippen LogP contribution in [-0.2, 0) is 6.54 Å². The summed E-state index contributed by atoms with van der Waals surface area (Å²) < 4.78 is 14.0. The summed E-state index contributed by atoms with van der Waals surface area (Å²) in [5, 5.41) is 3.20. The average molecular weight is 391 g/mol. The van der Waals surface area contributed by atoms with Crippen LogP contribution in [0, 0.1) is 5.82 Å². The zero-order valence-corrected chi connectivity index (χ0v) is 16.0. The smallest absolute Gasteiger partial charge is 0.255 e. The van der Waals surface area contributed by atoms with Gasteiger partial charge in [0.2, 0.25) is 0 Å². The molecule has 0 radical (unpaired) electrons. The van der Waals surface area contributed by atoms with Gasteiger partial charge in [-0.1, -0.05) is 18.2 Å². The zero-order chi connectivity index (χ0) is 20.1. The molecule has 148 valence electrons. The molecule has 1 aliphatic rings. The number of anilines is 2. The highest BCUT2D eigenvalue weighted by atomic mass is 19.1. The van der Waals surface area contributed by atoms with Crippen LogP contribution >= 0.6 is 0 Å². The summed E-state index contributed by atoms with van der Waals surface area (Å²) in [5.74, 6) is 0.406. The van der Waals surface area contributed by atoms with Crippen molar-refractivity contribution in [2.45, 2.75) is 6.54 Å². The largest absolute Gasteiger partial charge is 0.366 e. The van der Waals surface area contributed by atoms with Crippen molar-refractivity contribution in [3.05, 3.63) is 84.1 Å². The van der Waals surface area contributed by atoms with Gasteiger partial charge in [0.25, 0.3) is 5.91 Å². The summed E-state index contributed by atoms with van der Waals surface area (Å²) in [7, 11) is 0. The van der Waals surface area contributed by atoms with Crippen molar-refractivity contribution in [1.82, 2.24) is 14.9 Å². The van der Waals surface area contributed by atoms with Crippen molar-refractivity contribution >= 4 is 17.4 Å². The molecular weight excluding hydrogens is 369 g/mol. The maximum atomic E-state index is 14.0. The van der Waals surface area contributed by atoms with Gasteiger partial charge in [-0.15, -0.1) is 0 Å². The standard InChI is InChI=1S/C22H22FN5O/c23-19-6-1-2-7-20(19)27-11-13-28(14-12-27)22(29)17-8-9-21(25-15-17)26-16-18-5-3-4-10-24-18/h1-10,15H,11-14,16H2,(H,25,26). The fourth-order valence-corrected chi connectivity index (χ4v) is 3.35. The van der Waals surface area contributed by atoms with Gasteiger partial charge in [0.05, 0.1) is 23.5 Å². The Morgan fingerprint density at radius 3 is 2.45 bits per heavy atom. The van der Waals surface area contributed by atoms with Crippen molar-refractivity contribution in [3.63, 3.8) is 0 Å². The molecule has 1 fully saturated rings. The molecule has 1 aliphatic heterocycles. The molecule has 0 spiro atoms. The molecule has 29 heavy (non-hydrogen) atoms. The molecule has 0 aliphatic carbocycles. The number of nitrogens with one attached hydrogen (secondary N) is 1. The first-order valence-electron chi connectivity index (χ1n) is 9.59. The first kappa shape index (κ1) is 18.9. The van der Waals surface area contributed by atoms with Gasteiger partial charge in [-0.05, 0) is 36.4 Å². The summed E-state index contributed by atoms with van der Waals surface area (Å²) in [5.41, 5.74) is 2.06. The van der Waals surface area contributed by atoms with E-state index in [9.17, 15) is 9.18 Å². The van der Waals surface area contributed by atoms with Crippen LogP contribution in [0.1, 0.15) is 16.1 Å². The van der Waals surface area contributed by atoms with E-state index in [1.165, 1.54) is 6.07 Å². The summed E-state index contributed by atoms with van der Waals surface area (Å²) >= 11 is 0. The number of carbonyl (C=O) groups excluding carboxylic acids is 1. The van der Waals surface area contributed by atoms with Gasteiger partial charge in [0.1, 0.15) is 11.6 Å². The number of halogens is 1. The van der Waals surface area contributed by atoms with E-state index in [-0.39, 0.29) is 11.7 Å². The molecule has 0 unspecified atom stereocenters. The molecule has 1 aromatic carbocycles. The molecule has 3 heterocycles. The topological polar surface area (TPSA) is 61.4 Å². The number of para-hydroxylation sites is 1. The minimum Gasteiger partial charge on any atom is -0.366 e. The summed E-state index contributed by atoms with van der Waals surface area (Å²) in [6.07, 6.45) is 3.34. The van der Waals surface area contributed by atoms with Gasteiger partial charge in [0, 0.05) is 38.6 Å². The molecular formula is C22H22FN5O. The molecule has 0 bridgehead atoms. The molecule has 0 saturated carbocycles. The van der Waals surface area contributed by atoms with Crippen LogP contribution in [0.15, 0.2) is 67.0 Å². The second kappa shape index (κ2) is 8.68. The molecule has 1 N–H and O–H groups in total. The van der Waals surface area contributed by atoms with E-state index in [0.717, 1.165) is 5.69 Å². The lowest BCUT2D eigenvalue weighted by Crippen LogP contribution is -2.49. The quantitative estimate of drug-likeness (QED) is 0.724. The van der Waals surface area contributed by atoms with Crippen molar-refractivity contribution in [3.8, 4) is 0 Å². The van der Waals surface area contributed by atoms with E-state index >= 15 is 0 Å². The Balaban J connectivity index is 1.32. The predicted molar refractivity (Wildman–Crippen MR) is 110 cm³/mol. The second-order valence-electron chi connectivity index (χ2n) is 6.84. The second-order valence-corrected chi connectivity index (χ2v) is 6.84. The Kier molecular flexibility index (Phi) is 5.65. The summed E-state index contributed by atoms with van der Waals surface area (Å²) in [4.78, 5) is 25.1. The molecule has 6 nitrogen and oxygen atoms in total. The number of amides is 1. The monoisotopic (exact) mass is 391 g/mol.